The highest BCUT2D eigenvalue weighted by atomic mass is 16.3. The van der Waals surface area contributed by atoms with Crippen LogP contribution in [0.2, 0.25) is 0 Å². The molecule has 0 aliphatic heterocycles. The van der Waals surface area contributed by atoms with Crippen molar-refractivity contribution in [1.29, 1.82) is 0 Å². The van der Waals surface area contributed by atoms with Gasteiger partial charge in [0.25, 0.3) is 0 Å². The largest absolute Gasteiger partial charge is 0.467 e. The molecule has 2 aromatic carbocycles. The number of nitrogens with zero attached hydrogens (tertiary/aromatic N) is 2. The first kappa shape index (κ1) is 16.8. The molecule has 1 amide bonds. The molecule has 4 rings (SSSR count). The average molecular weight is 358 g/mol. The summed E-state index contributed by atoms with van der Waals surface area (Å²) in [7, 11) is 0. The molecular weight excluding hydrogens is 340 g/mol. The minimum Gasteiger partial charge on any atom is -0.467 e. The van der Waals surface area contributed by atoms with Gasteiger partial charge in [0.1, 0.15) is 11.6 Å². The van der Waals surface area contributed by atoms with Crippen molar-refractivity contribution >= 4 is 22.6 Å². The first-order valence-electron chi connectivity index (χ1n) is 8.65. The molecule has 0 radical (unpaired) electrons. The Hall–Kier alpha value is -3.67. The zero-order chi connectivity index (χ0) is 18.5. The van der Waals surface area contributed by atoms with Gasteiger partial charge in [0, 0.05) is 10.9 Å². The molecule has 0 atom stereocenters. The van der Waals surface area contributed by atoms with E-state index in [-0.39, 0.29) is 12.5 Å². The quantitative estimate of drug-likeness (QED) is 0.550. The summed E-state index contributed by atoms with van der Waals surface area (Å²) in [5.41, 5.74) is 1.75. The molecule has 0 aliphatic rings. The highest BCUT2D eigenvalue weighted by molar-refractivity contribution is 5.92. The maximum absolute atomic E-state index is 12.1. The molecule has 27 heavy (non-hydrogen) atoms. The molecule has 0 unspecified atom stereocenters. The SMILES string of the molecule is O=C(CNc1nc(-c2ccccc2)nc2ccccc12)NCc1ccco1. The lowest BCUT2D eigenvalue weighted by Gasteiger charge is -2.11. The normalized spacial score (nSPS) is 10.7. The number of rotatable bonds is 6. The third-order valence-electron chi connectivity index (χ3n) is 4.09. The maximum atomic E-state index is 12.1. The zero-order valence-electron chi connectivity index (χ0n) is 14.6. The second-order valence-electron chi connectivity index (χ2n) is 5.99. The topological polar surface area (TPSA) is 80.0 Å². The Balaban J connectivity index is 1.54. The van der Waals surface area contributed by atoms with E-state index in [0.29, 0.717) is 23.9 Å². The number of anilines is 1. The number of furan rings is 1. The Bertz CT molecular complexity index is 1050. The van der Waals surface area contributed by atoms with Gasteiger partial charge in [-0.3, -0.25) is 4.79 Å². The molecule has 2 N–H and O–H groups in total. The van der Waals surface area contributed by atoms with Crippen LogP contribution in [-0.2, 0) is 11.3 Å². The summed E-state index contributed by atoms with van der Waals surface area (Å²) in [6.07, 6.45) is 1.58. The van der Waals surface area contributed by atoms with E-state index in [2.05, 4.69) is 20.6 Å². The van der Waals surface area contributed by atoms with Crippen molar-refractivity contribution in [3.63, 3.8) is 0 Å². The number of fused-ring (bicyclic) bond motifs is 1. The van der Waals surface area contributed by atoms with Crippen LogP contribution in [0.25, 0.3) is 22.3 Å². The average Bonchev–Trinajstić information content (AvgIpc) is 3.24. The van der Waals surface area contributed by atoms with E-state index in [4.69, 9.17) is 4.42 Å². The van der Waals surface area contributed by atoms with Crippen LogP contribution < -0.4 is 10.6 Å². The van der Waals surface area contributed by atoms with E-state index in [1.807, 2.05) is 60.7 Å². The van der Waals surface area contributed by atoms with E-state index in [1.165, 1.54) is 0 Å². The second-order valence-corrected chi connectivity index (χ2v) is 5.99. The van der Waals surface area contributed by atoms with Gasteiger partial charge in [-0.25, -0.2) is 9.97 Å². The zero-order valence-corrected chi connectivity index (χ0v) is 14.6. The number of benzene rings is 2. The van der Waals surface area contributed by atoms with Gasteiger partial charge in [-0.15, -0.1) is 0 Å². The van der Waals surface area contributed by atoms with Crippen LogP contribution in [0, 0.1) is 0 Å². The summed E-state index contributed by atoms with van der Waals surface area (Å²) in [6.45, 7) is 0.462. The fourth-order valence-electron chi connectivity index (χ4n) is 2.75. The van der Waals surface area contributed by atoms with E-state index in [0.717, 1.165) is 16.5 Å². The van der Waals surface area contributed by atoms with Crippen LogP contribution in [0.1, 0.15) is 5.76 Å². The van der Waals surface area contributed by atoms with E-state index in [1.54, 1.807) is 12.3 Å². The Morgan fingerprint density at radius 2 is 1.74 bits per heavy atom. The van der Waals surface area contributed by atoms with Crippen LogP contribution >= 0.6 is 0 Å². The molecule has 4 aromatic rings. The van der Waals surface area contributed by atoms with E-state index in [9.17, 15) is 4.79 Å². The monoisotopic (exact) mass is 358 g/mol. The molecule has 134 valence electrons. The second kappa shape index (κ2) is 7.70. The van der Waals surface area contributed by atoms with Gasteiger partial charge in [-0.1, -0.05) is 42.5 Å². The molecule has 0 aliphatic carbocycles. The highest BCUT2D eigenvalue weighted by Crippen LogP contribution is 2.24. The van der Waals surface area contributed by atoms with Crippen LogP contribution in [0.15, 0.2) is 77.4 Å². The van der Waals surface area contributed by atoms with Crippen molar-refractivity contribution in [2.45, 2.75) is 6.54 Å². The van der Waals surface area contributed by atoms with Crippen molar-refractivity contribution in [2.75, 3.05) is 11.9 Å². The van der Waals surface area contributed by atoms with Crippen LogP contribution in [0.4, 0.5) is 5.82 Å². The fourth-order valence-corrected chi connectivity index (χ4v) is 2.75. The maximum Gasteiger partial charge on any atom is 0.239 e. The van der Waals surface area contributed by atoms with E-state index >= 15 is 0 Å². The predicted octanol–water partition coefficient (Wildman–Crippen LogP) is 3.62. The van der Waals surface area contributed by atoms with Gasteiger partial charge in [0.15, 0.2) is 5.82 Å². The summed E-state index contributed by atoms with van der Waals surface area (Å²) in [6, 6.07) is 21.1. The lowest BCUT2D eigenvalue weighted by molar-refractivity contribution is -0.119. The Morgan fingerprint density at radius 1 is 0.926 bits per heavy atom. The van der Waals surface area contributed by atoms with Crippen LogP contribution in [0.3, 0.4) is 0 Å². The molecular formula is C21H18N4O2. The third kappa shape index (κ3) is 3.95. The lowest BCUT2D eigenvalue weighted by Crippen LogP contribution is -2.29. The Morgan fingerprint density at radius 3 is 2.56 bits per heavy atom. The third-order valence-corrected chi connectivity index (χ3v) is 4.09. The van der Waals surface area contributed by atoms with Crippen LogP contribution in [0.5, 0.6) is 0 Å². The first-order valence-corrected chi connectivity index (χ1v) is 8.65. The number of hydrogen-bond donors (Lipinski definition) is 2. The van der Waals surface area contributed by atoms with Gasteiger partial charge in [0.05, 0.1) is 24.9 Å². The minimum atomic E-state index is -0.143. The molecule has 2 heterocycles. The highest BCUT2D eigenvalue weighted by Gasteiger charge is 2.10. The van der Waals surface area contributed by atoms with Gasteiger partial charge in [0.2, 0.25) is 5.91 Å². The van der Waals surface area contributed by atoms with Crippen molar-refractivity contribution < 1.29 is 9.21 Å². The molecule has 0 spiro atoms. The number of carbonyl (C=O) groups is 1. The number of amides is 1. The number of hydrogen-bond acceptors (Lipinski definition) is 5. The molecule has 0 saturated carbocycles. The summed E-state index contributed by atoms with van der Waals surface area (Å²) >= 11 is 0. The number of para-hydroxylation sites is 1. The summed E-state index contributed by atoms with van der Waals surface area (Å²) in [5.74, 6) is 1.82. The Kier molecular flexibility index (Phi) is 4.78. The van der Waals surface area contributed by atoms with E-state index < -0.39 is 0 Å². The van der Waals surface area contributed by atoms with Crippen LogP contribution in [-0.4, -0.2) is 22.4 Å². The van der Waals surface area contributed by atoms with Crippen molar-refractivity contribution in [3.05, 3.63) is 78.8 Å². The first-order chi connectivity index (χ1) is 13.3. The van der Waals surface area contributed by atoms with Gasteiger partial charge in [-0.05, 0) is 24.3 Å². The van der Waals surface area contributed by atoms with Gasteiger partial charge in [-0.2, -0.15) is 0 Å². The Labute approximate surface area is 156 Å². The molecule has 6 nitrogen and oxygen atoms in total. The summed E-state index contributed by atoms with van der Waals surface area (Å²) in [4.78, 5) is 21.4. The van der Waals surface area contributed by atoms with Crippen molar-refractivity contribution in [3.8, 4) is 11.4 Å². The molecule has 0 saturated heterocycles. The van der Waals surface area contributed by atoms with Crippen molar-refractivity contribution in [2.24, 2.45) is 0 Å². The van der Waals surface area contributed by atoms with Gasteiger partial charge >= 0.3 is 0 Å². The molecule has 6 heteroatoms. The fraction of sp³-hybridized carbons (Fsp3) is 0.0952. The number of nitrogens with one attached hydrogen (secondary N) is 2. The summed E-state index contributed by atoms with van der Waals surface area (Å²) in [5, 5.41) is 6.82. The molecule has 0 fully saturated rings. The van der Waals surface area contributed by atoms with Crippen molar-refractivity contribution in [1.82, 2.24) is 15.3 Å². The smallest absolute Gasteiger partial charge is 0.239 e. The van der Waals surface area contributed by atoms with Gasteiger partial charge < -0.3 is 15.1 Å². The molecule has 2 aromatic heterocycles. The number of aromatic nitrogens is 2. The number of carbonyl (C=O) groups excluding carboxylic acids is 1. The lowest BCUT2D eigenvalue weighted by atomic mass is 10.2. The molecule has 0 bridgehead atoms. The minimum absolute atomic E-state index is 0.107. The standard InChI is InChI=1S/C21H18N4O2/c26-19(22-13-16-9-6-12-27-16)14-23-21-17-10-4-5-11-18(17)24-20(25-21)15-7-2-1-3-8-15/h1-12H,13-14H2,(H,22,26)(H,23,24,25). The summed E-state index contributed by atoms with van der Waals surface area (Å²) < 4.78 is 5.21. The predicted molar refractivity (Wildman–Crippen MR) is 104 cm³/mol.